The highest BCUT2D eigenvalue weighted by molar-refractivity contribution is 6.01. The second kappa shape index (κ2) is 7.15. The zero-order valence-electron chi connectivity index (χ0n) is 15.1. The molecule has 0 unspecified atom stereocenters. The van der Waals surface area contributed by atoms with Crippen molar-refractivity contribution >= 4 is 17.5 Å². The van der Waals surface area contributed by atoms with Crippen LogP contribution in [-0.2, 0) is 10.2 Å². The van der Waals surface area contributed by atoms with Gasteiger partial charge in [-0.25, -0.2) is 4.98 Å². The summed E-state index contributed by atoms with van der Waals surface area (Å²) < 4.78 is 5.65. The number of primary amides is 1. The standard InChI is InChI=1S/C22H19N3O3/c23-20(26)15-5-4-8-18(13-15)28-19-10-9-17(14-24-19)25-21(27)22(11-12-22)16-6-2-1-3-7-16/h1-10,13-14H,11-12H2,(H2,23,26)(H,25,27). The molecule has 2 amide bonds. The molecule has 3 aromatic rings. The highest BCUT2D eigenvalue weighted by Crippen LogP contribution is 2.48. The fraction of sp³-hybridized carbons (Fsp3) is 0.136. The van der Waals surface area contributed by atoms with E-state index in [1.54, 1.807) is 42.6 Å². The van der Waals surface area contributed by atoms with E-state index in [-0.39, 0.29) is 5.91 Å². The van der Waals surface area contributed by atoms with Gasteiger partial charge in [0.05, 0.1) is 17.3 Å². The maximum absolute atomic E-state index is 12.8. The van der Waals surface area contributed by atoms with Crippen molar-refractivity contribution in [1.82, 2.24) is 4.98 Å². The number of nitrogens with two attached hydrogens (primary N) is 1. The van der Waals surface area contributed by atoms with E-state index in [0.29, 0.717) is 22.9 Å². The molecule has 140 valence electrons. The van der Waals surface area contributed by atoms with Crippen LogP contribution in [0.25, 0.3) is 0 Å². The monoisotopic (exact) mass is 373 g/mol. The average Bonchev–Trinajstić information content (AvgIpc) is 3.52. The van der Waals surface area contributed by atoms with Crippen LogP contribution in [-0.4, -0.2) is 16.8 Å². The van der Waals surface area contributed by atoms with Gasteiger partial charge in [0.2, 0.25) is 17.7 Å². The molecule has 1 aromatic heterocycles. The molecule has 1 heterocycles. The Morgan fingerprint density at radius 3 is 2.43 bits per heavy atom. The molecule has 28 heavy (non-hydrogen) atoms. The van der Waals surface area contributed by atoms with Crippen LogP contribution >= 0.6 is 0 Å². The summed E-state index contributed by atoms with van der Waals surface area (Å²) in [6, 6.07) is 19.8. The molecule has 0 radical (unpaired) electrons. The lowest BCUT2D eigenvalue weighted by atomic mass is 9.95. The fourth-order valence-corrected chi connectivity index (χ4v) is 3.13. The van der Waals surface area contributed by atoms with E-state index in [1.807, 2.05) is 30.3 Å². The smallest absolute Gasteiger partial charge is 0.248 e. The van der Waals surface area contributed by atoms with Crippen molar-refractivity contribution in [2.75, 3.05) is 5.32 Å². The number of nitrogens with zero attached hydrogens (tertiary/aromatic N) is 1. The SMILES string of the molecule is NC(=O)c1cccc(Oc2ccc(NC(=O)C3(c4ccccc4)CC3)cn2)c1. The van der Waals surface area contributed by atoms with Crippen molar-refractivity contribution in [3.63, 3.8) is 0 Å². The predicted molar refractivity (Wildman–Crippen MR) is 105 cm³/mol. The van der Waals surface area contributed by atoms with E-state index >= 15 is 0 Å². The maximum Gasteiger partial charge on any atom is 0.248 e. The Balaban J connectivity index is 1.43. The molecule has 1 aliphatic carbocycles. The minimum atomic E-state index is -0.524. The highest BCUT2D eigenvalue weighted by Gasteiger charge is 2.51. The number of hydrogen-bond acceptors (Lipinski definition) is 4. The molecule has 4 rings (SSSR count). The summed E-state index contributed by atoms with van der Waals surface area (Å²) in [5, 5.41) is 2.94. The maximum atomic E-state index is 12.8. The Labute approximate surface area is 162 Å². The molecule has 0 spiro atoms. The van der Waals surface area contributed by atoms with Crippen molar-refractivity contribution < 1.29 is 14.3 Å². The Bertz CT molecular complexity index is 1010. The molecule has 0 bridgehead atoms. The lowest BCUT2D eigenvalue weighted by Crippen LogP contribution is -2.27. The third-order valence-electron chi connectivity index (χ3n) is 4.85. The van der Waals surface area contributed by atoms with Crippen LogP contribution in [0.3, 0.4) is 0 Å². The molecule has 6 heteroatoms. The molecule has 3 N–H and O–H groups in total. The largest absolute Gasteiger partial charge is 0.439 e. The number of hydrogen-bond donors (Lipinski definition) is 2. The van der Waals surface area contributed by atoms with Crippen molar-refractivity contribution in [3.05, 3.63) is 84.1 Å². The Hall–Kier alpha value is -3.67. The number of aromatic nitrogens is 1. The van der Waals surface area contributed by atoms with E-state index in [1.165, 1.54) is 0 Å². The van der Waals surface area contributed by atoms with Crippen molar-refractivity contribution in [2.24, 2.45) is 5.73 Å². The second-order valence-electron chi connectivity index (χ2n) is 6.78. The summed E-state index contributed by atoms with van der Waals surface area (Å²) in [5.41, 5.74) is 6.83. The van der Waals surface area contributed by atoms with Crippen LogP contribution in [0.15, 0.2) is 72.9 Å². The lowest BCUT2D eigenvalue weighted by molar-refractivity contribution is -0.118. The molecule has 0 aliphatic heterocycles. The first-order valence-electron chi connectivity index (χ1n) is 8.98. The summed E-state index contributed by atoms with van der Waals surface area (Å²) >= 11 is 0. The molecule has 1 saturated carbocycles. The third kappa shape index (κ3) is 3.57. The van der Waals surface area contributed by atoms with Crippen LogP contribution < -0.4 is 15.8 Å². The van der Waals surface area contributed by atoms with Gasteiger partial charge in [-0.3, -0.25) is 9.59 Å². The van der Waals surface area contributed by atoms with Crippen LogP contribution in [0.5, 0.6) is 11.6 Å². The zero-order chi connectivity index (χ0) is 19.6. The minimum absolute atomic E-state index is 0.0247. The summed E-state index contributed by atoms with van der Waals surface area (Å²) in [7, 11) is 0. The first-order valence-corrected chi connectivity index (χ1v) is 8.98. The molecule has 2 aromatic carbocycles. The summed E-state index contributed by atoms with van der Waals surface area (Å²) in [4.78, 5) is 28.2. The van der Waals surface area contributed by atoms with Gasteiger partial charge >= 0.3 is 0 Å². The zero-order valence-corrected chi connectivity index (χ0v) is 15.1. The highest BCUT2D eigenvalue weighted by atomic mass is 16.5. The molecular formula is C22H19N3O3. The first-order chi connectivity index (χ1) is 13.6. The van der Waals surface area contributed by atoms with E-state index in [4.69, 9.17) is 10.5 Å². The van der Waals surface area contributed by atoms with Gasteiger partial charge in [0.15, 0.2) is 0 Å². The second-order valence-corrected chi connectivity index (χ2v) is 6.78. The van der Waals surface area contributed by atoms with E-state index in [9.17, 15) is 9.59 Å². The summed E-state index contributed by atoms with van der Waals surface area (Å²) in [6.07, 6.45) is 3.23. The van der Waals surface area contributed by atoms with Crippen molar-refractivity contribution in [1.29, 1.82) is 0 Å². The van der Waals surface area contributed by atoms with Crippen LogP contribution in [0.1, 0.15) is 28.8 Å². The number of amides is 2. The van der Waals surface area contributed by atoms with E-state index in [2.05, 4.69) is 10.3 Å². The molecule has 6 nitrogen and oxygen atoms in total. The number of carbonyl (C=O) groups excluding carboxylic acids is 2. The average molecular weight is 373 g/mol. The van der Waals surface area contributed by atoms with Gasteiger partial charge in [0.1, 0.15) is 5.75 Å². The van der Waals surface area contributed by atoms with E-state index in [0.717, 1.165) is 18.4 Å². The fourth-order valence-electron chi connectivity index (χ4n) is 3.13. The normalized spacial score (nSPS) is 14.1. The van der Waals surface area contributed by atoms with Crippen LogP contribution in [0.2, 0.25) is 0 Å². The molecule has 0 saturated heterocycles. The van der Waals surface area contributed by atoms with Gasteiger partial charge in [-0.2, -0.15) is 0 Å². The van der Waals surface area contributed by atoms with Crippen LogP contribution in [0.4, 0.5) is 5.69 Å². The first kappa shape index (κ1) is 17.7. The molecular weight excluding hydrogens is 354 g/mol. The third-order valence-corrected chi connectivity index (χ3v) is 4.85. The Morgan fingerprint density at radius 1 is 1.00 bits per heavy atom. The van der Waals surface area contributed by atoms with Gasteiger partial charge in [-0.15, -0.1) is 0 Å². The van der Waals surface area contributed by atoms with Gasteiger partial charge in [0, 0.05) is 11.6 Å². The van der Waals surface area contributed by atoms with Gasteiger partial charge in [-0.1, -0.05) is 36.4 Å². The quantitative estimate of drug-likeness (QED) is 0.690. The number of carbonyl (C=O) groups is 2. The number of rotatable bonds is 6. The van der Waals surface area contributed by atoms with Crippen molar-refractivity contribution in [3.8, 4) is 11.6 Å². The molecule has 1 aliphatic rings. The lowest BCUT2D eigenvalue weighted by Gasteiger charge is -2.15. The minimum Gasteiger partial charge on any atom is -0.439 e. The Morgan fingerprint density at radius 2 is 1.79 bits per heavy atom. The number of nitrogens with one attached hydrogen (secondary N) is 1. The van der Waals surface area contributed by atoms with E-state index < -0.39 is 11.3 Å². The van der Waals surface area contributed by atoms with Gasteiger partial charge in [0.25, 0.3) is 0 Å². The number of benzene rings is 2. The molecule has 0 atom stereocenters. The topological polar surface area (TPSA) is 94.3 Å². The van der Waals surface area contributed by atoms with Gasteiger partial charge < -0.3 is 15.8 Å². The Kier molecular flexibility index (Phi) is 4.53. The number of pyridine rings is 1. The number of anilines is 1. The summed E-state index contributed by atoms with van der Waals surface area (Å²) in [5.74, 6) is 0.262. The van der Waals surface area contributed by atoms with Crippen molar-refractivity contribution in [2.45, 2.75) is 18.3 Å². The summed E-state index contributed by atoms with van der Waals surface area (Å²) in [6.45, 7) is 0. The van der Waals surface area contributed by atoms with Gasteiger partial charge in [-0.05, 0) is 42.7 Å². The molecule has 1 fully saturated rings. The predicted octanol–water partition coefficient (Wildman–Crippen LogP) is 3.64. The van der Waals surface area contributed by atoms with Crippen LogP contribution in [0, 0.1) is 0 Å². The number of ether oxygens (including phenoxy) is 1.